The van der Waals surface area contributed by atoms with E-state index in [-0.39, 0.29) is 18.0 Å². The maximum absolute atomic E-state index is 12.4. The summed E-state index contributed by atoms with van der Waals surface area (Å²) >= 11 is 0. The maximum atomic E-state index is 12.4. The molecule has 3 N–H and O–H groups in total. The van der Waals surface area contributed by atoms with Crippen LogP contribution in [0.5, 0.6) is 0 Å². The fourth-order valence-corrected chi connectivity index (χ4v) is 3.89. The van der Waals surface area contributed by atoms with Gasteiger partial charge in [-0.25, -0.2) is 4.79 Å². The average Bonchev–Trinajstić information content (AvgIpc) is 2.82. The molecule has 0 radical (unpaired) electrons. The van der Waals surface area contributed by atoms with Gasteiger partial charge in [-0.1, -0.05) is 42.5 Å². The number of hydrogen-bond donors (Lipinski definition) is 3. The molecule has 2 aromatic carbocycles. The molecule has 33 heavy (non-hydrogen) atoms. The van der Waals surface area contributed by atoms with Crippen molar-refractivity contribution in [3.8, 4) is 0 Å². The van der Waals surface area contributed by atoms with Crippen LogP contribution in [0.1, 0.15) is 41.8 Å². The highest BCUT2D eigenvalue weighted by Gasteiger charge is 2.16. The van der Waals surface area contributed by atoms with Gasteiger partial charge in [-0.3, -0.25) is 9.69 Å². The van der Waals surface area contributed by atoms with E-state index in [0.29, 0.717) is 18.7 Å². The molecule has 7 nitrogen and oxygen atoms in total. The van der Waals surface area contributed by atoms with Gasteiger partial charge < -0.3 is 20.9 Å². The lowest BCUT2D eigenvalue weighted by molar-refractivity contribution is 0.0947. The van der Waals surface area contributed by atoms with Crippen molar-refractivity contribution in [2.24, 2.45) is 0 Å². The molecule has 0 saturated carbocycles. The fourth-order valence-electron chi connectivity index (χ4n) is 3.89. The number of piperazine rings is 1. The molecule has 0 spiro atoms. The summed E-state index contributed by atoms with van der Waals surface area (Å²) in [5.74, 6) is -0.0558. The Kier molecular flexibility index (Phi) is 9.72. The third-order valence-corrected chi connectivity index (χ3v) is 5.74. The molecular formula is C26H37N5O2. The smallest absolute Gasteiger partial charge is 0.315 e. The Morgan fingerprint density at radius 2 is 1.52 bits per heavy atom. The lowest BCUT2D eigenvalue weighted by atomic mass is 10.1. The predicted octanol–water partition coefficient (Wildman–Crippen LogP) is 2.83. The second-order valence-electron chi connectivity index (χ2n) is 8.89. The van der Waals surface area contributed by atoms with E-state index in [9.17, 15) is 9.59 Å². The zero-order valence-electron chi connectivity index (χ0n) is 19.8. The lowest BCUT2D eigenvalue weighted by Gasteiger charge is -2.34. The number of carbonyl (C=O) groups excluding carboxylic acids is 2. The SMILES string of the molecule is CC(C)NC(=O)NCc1ccc(C(=O)NCCCN2CCN(Cc3ccccc3)CC2)cc1. The van der Waals surface area contributed by atoms with E-state index in [1.807, 2.05) is 26.0 Å². The predicted molar refractivity (Wildman–Crippen MR) is 132 cm³/mol. The molecule has 0 atom stereocenters. The number of benzene rings is 2. The van der Waals surface area contributed by atoms with Crippen LogP contribution in [0, 0.1) is 0 Å². The summed E-state index contributed by atoms with van der Waals surface area (Å²) < 4.78 is 0. The molecule has 7 heteroatoms. The Morgan fingerprint density at radius 3 is 2.18 bits per heavy atom. The van der Waals surface area contributed by atoms with E-state index in [1.165, 1.54) is 5.56 Å². The molecule has 1 aliphatic heterocycles. The van der Waals surface area contributed by atoms with Crippen LogP contribution in [0.3, 0.4) is 0 Å². The van der Waals surface area contributed by atoms with Crippen LogP contribution in [0.25, 0.3) is 0 Å². The number of nitrogens with zero attached hydrogens (tertiary/aromatic N) is 2. The molecule has 1 fully saturated rings. The summed E-state index contributed by atoms with van der Waals surface area (Å²) in [6.45, 7) is 11.3. The second-order valence-corrected chi connectivity index (χ2v) is 8.89. The van der Waals surface area contributed by atoms with E-state index in [1.54, 1.807) is 12.1 Å². The van der Waals surface area contributed by atoms with E-state index in [0.717, 1.165) is 51.3 Å². The van der Waals surface area contributed by atoms with Crippen LogP contribution in [0.15, 0.2) is 54.6 Å². The first-order chi connectivity index (χ1) is 16.0. The molecule has 1 saturated heterocycles. The molecule has 0 aliphatic carbocycles. The second kappa shape index (κ2) is 13.0. The number of urea groups is 1. The van der Waals surface area contributed by atoms with Crippen molar-refractivity contribution in [2.45, 2.75) is 39.4 Å². The summed E-state index contributed by atoms with van der Waals surface area (Å²) in [5.41, 5.74) is 2.96. The standard InChI is InChI=1S/C26H37N5O2/c1-21(2)29-26(33)28-19-22-9-11-24(12-10-22)25(32)27-13-6-14-30-15-17-31(18-16-30)20-23-7-4-3-5-8-23/h3-5,7-12,21H,6,13-20H2,1-2H3,(H,27,32)(H2,28,29,33). The zero-order valence-corrected chi connectivity index (χ0v) is 19.8. The van der Waals surface area contributed by atoms with Gasteiger partial charge in [0.05, 0.1) is 0 Å². The van der Waals surface area contributed by atoms with Crippen LogP contribution in [-0.4, -0.2) is 67.0 Å². The van der Waals surface area contributed by atoms with Crippen molar-refractivity contribution >= 4 is 11.9 Å². The van der Waals surface area contributed by atoms with Crippen LogP contribution in [0.2, 0.25) is 0 Å². The Labute approximate surface area is 197 Å². The van der Waals surface area contributed by atoms with Crippen molar-refractivity contribution in [3.05, 3.63) is 71.3 Å². The lowest BCUT2D eigenvalue weighted by Crippen LogP contribution is -2.46. The molecule has 0 bridgehead atoms. The fraction of sp³-hybridized carbons (Fsp3) is 0.462. The molecule has 3 rings (SSSR count). The highest BCUT2D eigenvalue weighted by atomic mass is 16.2. The van der Waals surface area contributed by atoms with Gasteiger partial charge in [0.25, 0.3) is 5.91 Å². The Balaban J connectivity index is 1.28. The van der Waals surface area contributed by atoms with Crippen molar-refractivity contribution < 1.29 is 9.59 Å². The summed E-state index contributed by atoms with van der Waals surface area (Å²) in [7, 11) is 0. The van der Waals surface area contributed by atoms with Gasteiger partial charge in [-0.15, -0.1) is 0 Å². The Bertz CT molecular complexity index is 862. The zero-order chi connectivity index (χ0) is 23.5. The van der Waals surface area contributed by atoms with Gasteiger partial charge >= 0.3 is 6.03 Å². The summed E-state index contributed by atoms with van der Waals surface area (Å²) in [6.07, 6.45) is 0.942. The third kappa shape index (κ3) is 8.86. The van der Waals surface area contributed by atoms with Crippen LogP contribution in [0.4, 0.5) is 4.79 Å². The number of rotatable bonds is 10. The minimum atomic E-state index is -0.190. The molecule has 0 unspecified atom stereocenters. The molecule has 3 amide bonds. The van der Waals surface area contributed by atoms with Gasteiger partial charge in [0, 0.05) is 57.4 Å². The number of carbonyl (C=O) groups is 2. The van der Waals surface area contributed by atoms with Crippen molar-refractivity contribution in [2.75, 3.05) is 39.3 Å². The van der Waals surface area contributed by atoms with Crippen LogP contribution >= 0.6 is 0 Å². The Morgan fingerprint density at radius 1 is 0.848 bits per heavy atom. The summed E-state index contributed by atoms with van der Waals surface area (Å²) in [4.78, 5) is 29.0. The van der Waals surface area contributed by atoms with Gasteiger partial charge in [-0.05, 0) is 50.1 Å². The number of hydrogen-bond acceptors (Lipinski definition) is 4. The van der Waals surface area contributed by atoms with Gasteiger partial charge in [0.1, 0.15) is 0 Å². The van der Waals surface area contributed by atoms with Gasteiger partial charge in [0.2, 0.25) is 0 Å². The maximum Gasteiger partial charge on any atom is 0.315 e. The van der Waals surface area contributed by atoms with E-state index in [2.05, 4.69) is 56.1 Å². The number of amides is 3. The molecule has 0 aromatic heterocycles. The normalized spacial score (nSPS) is 14.8. The van der Waals surface area contributed by atoms with E-state index >= 15 is 0 Å². The first-order valence-electron chi connectivity index (χ1n) is 11.9. The topological polar surface area (TPSA) is 76.7 Å². The highest BCUT2D eigenvalue weighted by molar-refractivity contribution is 5.94. The quantitative estimate of drug-likeness (QED) is 0.486. The van der Waals surface area contributed by atoms with Crippen molar-refractivity contribution in [3.63, 3.8) is 0 Å². The van der Waals surface area contributed by atoms with Gasteiger partial charge in [-0.2, -0.15) is 0 Å². The van der Waals surface area contributed by atoms with Gasteiger partial charge in [0.15, 0.2) is 0 Å². The van der Waals surface area contributed by atoms with Crippen LogP contribution < -0.4 is 16.0 Å². The van der Waals surface area contributed by atoms with Crippen molar-refractivity contribution in [1.82, 2.24) is 25.8 Å². The molecule has 1 aliphatic rings. The molecule has 178 valence electrons. The largest absolute Gasteiger partial charge is 0.352 e. The van der Waals surface area contributed by atoms with Crippen LogP contribution in [-0.2, 0) is 13.1 Å². The monoisotopic (exact) mass is 451 g/mol. The minimum Gasteiger partial charge on any atom is -0.352 e. The highest BCUT2D eigenvalue weighted by Crippen LogP contribution is 2.09. The average molecular weight is 452 g/mol. The van der Waals surface area contributed by atoms with E-state index in [4.69, 9.17) is 0 Å². The molecule has 2 aromatic rings. The first-order valence-corrected chi connectivity index (χ1v) is 11.9. The molecular weight excluding hydrogens is 414 g/mol. The first kappa shape index (κ1) is 24.7. The summed E-state index contributed by atoms with van der Waals surface area (Å²) in [6, 6.07) is 17.9. The van der Waals surface area contributed by atoms with E-state index < -0.39 is 0 Å². The minimum absolute atomic E-state index is 0.0558. The Hall–Kier alpha value is -2.90. The summed E-state index contributed by atoms with van der Waals surface area (Å²) in [5, 5.41) is 8.61. The third-order valence-electron chi connectivity index (χ3n) is 5.74. The van der Waals surface area contributed by atoms with Crippen molar-refractivity contribution in [1.29, 1.82) is 0 Å². The number of nitrogens with one attached hydrogen (secondary N) is 3. The molecule has 1 heterocycles.